The van der Waals surface area contributed by atoms with Gasteiger partial charge in [-0.2, -0.15) is 0 Å². The first-order chi connectivity index (χ1) is 8.40. The Morgan fingerprint density at radius 1 is 1.39 bits per heavy atom. The van der Waals surface area contributed by atoms with Gasteiger partial charge in [-0.15, -0.1) is 0 Å². The van der Waals surface area contributed by atoms with Gasteiger partial charge in [0, 0.05) is 17.1 Å². The van der Waals surface area contributed by atoms with Crippen LogP contribution in [0.4, 0.5) is 0 Å². The molecule has 0 amide bonds. The van der Waals surface area contributed by atoms with Gasteiger partial charge in [0.1, 0.15) is 0 Å². The van der Waals surface area contributed by atoms with E-state index in [1.165, 1.54) is 5.56 Å². The van der Waals surface area contributed by atoms with Crippen molar-refractivity contribution in [2.75, 3.05) is 13.6 Å². The summed E-state index contributed by atoms with van der Waals surface area (Å²) in [4.78, 5) is 2.28. The van der Waals surface area contributed by atoms with Crippen LogP contribution in [0.2, 0.25) is 5.02 Å². The number of hydrogen-bond donors (Lipinski definition) is 1. The minimum Gasteiger partial charge on any atom is -0.327 e. The highest BCUT2D eigenvalue weighted by Gasteiger charge is 2.09. The van der Waals surface area contributed by atoms with Crippen molar-refractivity contribution in [1.82, 2.24) is 4.90 Å². The number of nitrogens with two attached hydrogens (primary N) is 1. The van der Waals surface area contributed by atoms with Crippen LogP contribution in [0.3, 0.4) is 0 Å². The number of hydrogen-bond acceptors (Lipinski definition) is 2. The van der Waals surface area contributed by atoms with E-state index in [1.54, 1.807) is 0 Å². The molecule has 102 valence electrons. The van der Waals surface area contributed by atoms with Gasteiger partial charge < -0.3 is 10.6 Å². The highest BCUT2D eigenvalue weighted by atomic mass is 79.9. The van der Waals surface area contributed by atoms with E-state index >= 15 is 0 Å². The summed E-state index contributed by atoms with van der Waals surface area (Å²) in [6, 6.07) is 6.37. The Hall–Kier alpha value is -0.0900. The molecule has 0 spiro atoms. The average Bonchev–Trinajstić information content (AvgIpc) is 2.30. The van der Waals surface area contributed by atoms with Crippen LogP contribution in [-0.2, 0) is 6.54 Å². The van der Waals surface area contributed by atoms with Gasteiger partial charge >= 0.3 is 0 Å². The van der Waals surface area contributed by atoms with Crippen LogP contribution in [-0.4, -0.2) is 24.5 Å². The zero-order valence-corrected chi connectivity index (χ0v) is 13.6. The molecular formula is C14H22BrClN2. The summed E-state index contributed by atoms with van der Waals surface area (Å²) in [6.45, 7) is 6.24. The number of rotatable bonds is 6. The molecule has 1 unspecified atom stereocenters. The molecule has 18 heavy (non-hydrogen) atoms. The summed E-state index contributed by atoms with van der Waals surface area (Å²) in [6.07, 6.45) is 1.03. The average molecular weight is 334 g/mol. The molecular weight excluding hydrogens is 312 g/mol. The topological polar surface area (TPSA) is 29.3 Å². The molecule has 1 aromatic rings. The second-order valence-corrected chi connectivity index (χ2v) is 6.44. The van der Waals surface area contributed by atoms with Crippen LogP contribution < -0.4 is 5.73 Å². The van der Waals surface area contributed by atoms with E-state index in [0.29, 0.717) is 5.92 Å². The number of benzene rings is 1. The lowest BCUT2D eigenvalue weighted by Gasteiger charge is -2.21. The second-order valence-electron chi connectivity index (χ2n) is 5.18. The minimum absolute atomic E-state index is 0.279. The molecule has 0 heterocycles. The largest absolute Gasteiger partial charge is 0.327 e. The van der Waals surface area contributed by atoms with Gasteiger partial charge in [0.2, 0.25) is 0 Å². The van der Waals surface area contributed by atoms with Crippen LogP contribution in [0, 0.1) is 5.92 Å². The minimum atomic E-state index is 0.279. The quantitative estimate of drug-likeness (QED) is 0.855. The highest BCUT2D eigenvalue weighted by molar-refractivity contribution is 9.10. The van der Waals surface area contributed by atoms with Gasteiger partial charge in [-0.1, -0.05) is 31.5 Å². The molecule has 0 aromatic heterocycles. The first-order valence-electron chi connectivity index (χ1n) is 6.28. The fourth-order valence-corrected chi connectivity index (χ4v) is 2.18. The summed E-state index contributed by atoms with van der Waals surface area (Å²) in [5.74, 6) is 0.542. The molecule has 1 aromatic carbocycles. The maximum absolute atomic E-state index is 6.08. The van der Waals surface area contributed by atoms with E-state index in [-0.39, 0.29) is 6.04 Å². The summed E-state index contributed by atoms with van der Waals surface area (Å²) in [5, 5.41) is 0.764. The standard InChI is InChI=1S/C14H22BrClN2/c1-10(2)14(17)6-7-18(3)9-11-4-5-12(15)13(16)8-11/h4-5,8,10,14H,6-7,9,17H2,1-3H3. The Morgan fingerprint density at radius 2 is 2.06 bits per heavy atom. The third-order valence-electron chi connectivity index (χ3n) is 3.14. The predicted octanol–water partition coefficient (Wildman–Crippen LogP) is 3.91. The van der Waals surface area contributed by atoms with E-state index in [2.05, 4.69) is 47.8 Å². The van der Waals surface area contributed by atoms with Gasteiger partial charge in [-0.3, -0.25) is 0 Å². The van der Waals surface area contributed by atoms with Crippen molar-refractivity contribution in [1.29, 1.82) is 0 Å². The van der Waals surface area contributed by atoms with E-state index in [9.17, 15) is 0 Å². The third-order valence-corrected chi connectivity index (χ3v) is 4.37. The van der Waals surface area contributed by atoms with Gasteiger partial charge in [-0.05, 0) is 59.6 Å². The van der Waals surface area contributed by atoms with Crippen molar-refractivity contribution >= 4 is 27.5 Å². The molecule has 0 aliphatic rings. The van der Waals surface area contributed by atoms with Gasteiger partial charge in [-0.25, -0.2) is 0 Å². The van der Waals surface area contributed by atoms with Gasteiger partial charge in [0.05, 0.1) is 5.02 Å². The zero-order chi connectivity index (χ0) is 13.7. The van der Waals surface area contributed by atoms with Crippen LogP contribution >= 0.6 is 27.5 Å². The van der Waals surface area contributed by atoms with Crippen molar-refractivity contribution in [2.24, 2.45) is 11.7 Å². The lowest BCUT2D eigenvalue weighted by atomic mass is 10.0. The smallest absolute Gasteiger partial charge is 0.0551 e. The molecule has 2 N–H and O–H groups in total. The molecule has 0 aliphatic heterocycles. The van der Waals surface area contributed by atoms with E-state index < -0.39 is 0 Å². The fourth-order valence-electron chi connectivity index (χ4n) is 1.73. The number of nitrogens with zero attached hydrogens (tertiary/aromatic N) is 1. The molecule has 0 saturated heterocycles. The predicted molar refractivity (Wildman–Crippen MR) is 82.9 cm³/mol. The Labute approximate surface area is 124 Å². The van der Waals surface area contributed by atoms with Crippen molar-refractivity contribution in [3.8, 4) is 0 Å². The number of halogens is 2. The first kappa shape index (κ1) is 16.0. The maximum Gasteiger partial charge on any atom is 0.0551 e. The molecule has 0 fully saturated rings. The van der Waals surface area contributed by atoms with Crippen molar-refractivity contribution in [2.45, 2.75) is 32.9 Å². The van der Waals surface area contributed by atoms with E-state index in [0.717, 1.165) is 29.0 Å². The van der Waals surface area contributed by atoms with Gasteiger partial charge in [0.15, 0.2) is 0 Å². The van der Waals surface area contributed by atoms with E-state index in [1.807, 2.05) is 12.1 Å². The Morgan fingerprint density at radius 3 is 2.61 bits per heavy atom. The molecule has 2 nitrogen and oxygen atoms in total. The lowest BCUT2D eigenvalue weighted by molar-refractivity contribution is 0.296. The Bertz CT molecular complexity index is 382. The van der Waals surface area contributed by atoms with E-state index in [4.69, 9.17) is 17.3 Å². The van der Waals surface area contributed by atoms with Crippen LogP contribution in [0.25, 0.3) is 0 Å². The summed E-state index contributed by atoms with van der Waals surface area (Å²) < 4.78 is 0.942. The summed E-state index contributed by atoms with van der Waals surface area (Å²) in [7, 11) is 2.11. The fraction of sp³-hybridized carbons (Fsp3) is 0.571. The summed E-state index contributed by atoms with van der Waals surface area (Å²) >= 11 is 9.48. The van der Waals surface area contributed by atoms with Crippen LogP contribution in [0.5, 0.6) is 0 Å². The van der Waals surface area contributed by atoms with Crippen LogP contribution in [0.15, 0.2) is 22.7 Å². The first-order valence-corrected chi connectivity index (χ1v) is 7.45. The molecule has 1 atom stereocenters. The Kier molecular flexibility index (Phi) is 6.64. The molecule has 0 radical (unpaired) electrons. The van der Waals surface area contributed by atoms with Gasteiger partial charge in [0.25, 0.3) is 0 Å². The van der Waals surface area contributed by atoms with Crippen molar-refractivity contribution in [3.05, 3.63) is 33.3 Å². The highest BCUT2D eigenvalue weighted by Crippen LogP contribution is 2.23. The van der Waals surface area contributed by atoms with Crippen molar-refractivity contribution < 1.29 is 0 Å². The second kappa shape index (κ2) is 7.49. The molecule has 0 saturated carbocycles. The molecule has 0 bridgehead atoms. The lowest BCUT2D eigenvalue weighted by Crippen LogP contribution is -2.31. The molecule has 0 aliphatic carbocycles. The normalized spacial score (nSPS) is 13.3. The Balaban J connectivity index is 2.44. The molecule has 1 rings (SSSR count). The SMILES string of the molecule is CC(C)C(N)CCN(C)Cc1ccc(Br)c(Cl)c1. The molecule has 4 heteroatoms. The third kappa shape index (κ3) is 5.27. The summed E-state index contributed by atoms with van der Waals surface area (Å²) in [5.41, 5.74) is 7.27. The zero-order valence-electron chi connectivity index (χ0n) is 11.3. The van der Waals surface area contributed by atoms with Crippen molar-refractivity contribution in [3.63, 3.8) is 0 Å². The maximum atomic E-state index is 6.08. The monoisotopic (exact) mass is 332 g/mol. The van der Waals surface area contributed by atoms with Crippen LogP contribution in [0.1, 0.15) is 25.8 Å².